The van der Waals surface area contributed by atoms with E-state index in [1.54, 1.807) is 45.0 Å². The van der Waals surface area contributed by atoms with E-state index in [1.807, 2.05) is 0 Å². The molecule has 0 atom stereocenters. The van der Waals surface area contributed by atoms with Crippen molar-refractivity contribution in [3.8, 4) is 0 Å². The average Bonchev–Trinajstić information content (AvgIpc) is 2.64. The number of nitrogens with one attached hydrogen (secondary N) is 4. The standard InChI is InChI=1S/C20H21ClFIN4O2/c1-20(2,3)18(28)25-10-12-6-9-14(21)16(15(12)22)26-19(29)27-17(24)11-4-7-13(23)8-5-11/h4-9H,10H2,1-3H3,(H,25,28)(H3,24,26,27,29). The molecule has 3 amide bonds. The van der Waals surface area contributed by atoms with Crippen molar-refractivity contribution in [1.29, 1.82) is 5.41 Å². The summed E-state index contributed by atoms with van der Waals surface area (Å²) in [5, 5.41) is 15.3. The van der Waals surface area contributed by atoms with Crippen LogP contribution in [0.4, 0.5) is 14.9 Å². The highest BCUT2D eigenvalue weighted by Gasteiger charge is 2.22. The van der Waals surface area contributed by atoms with E-state index >= 15 is 0 Å². The van der Waals surface area contributed by atoms with Gasteiger partial charge >= 0.3 is 6.03 Å². The maximum atomic E-state index is 14.8. The molecule has 0 fully saturated rings. The molecule has 0 aromatic heterocycles. The molecule has 2 aromatic rings. The van der Waals surface area contributed by atoms with Crippen LogP contribution in [0.25, 0.3) is 0 Å². The van der Waals surface area contributed by atoms with E-state index in [1.165, 1.54) is 12.1 Å². The molecule has 2 rings (SSSR count). The van der Waals surface area contributed by atoms with E-state index < -0.39 is 17.3 Å². The lowest BCUT2D eigenvalue weighted by molar-refractivity contribution is -0.128. The van der Waals surface area contributed by atoms with Gasteiger partial charge in [-0.1, -0.05) is 50.6 Å². The molecule has 0 aliphatic heterocycles. The molecular weight excluding hydrogens is 510 g/mol. The van der Waals surface area contributed by atoms with Crippen molar-refractivity contribution >= 4 is 57.7 Å². The third kappa shape index (κ3) is 6.40. The lowest BCUT2D eigenvalue weighted by Crippen LogP contribution is -2.35. The number of hydrogen-bond acceptors (Lipinski definition) is 3. The van der Waals surface area contributed by atoms with Crippen LogP contribution >= 0.6 is 34.2 Å². The Bertz CT molecular complexity index is 943. The van der Waals surface area contributed by atoms with Crippen LogP contribution in [0.5, 0.6) is 0 Å². The van der Waals surface area contributed by atoms with E-state index in [4.69, 9.17) is 17.0 Å². The van der Waals surface area contributed by atoms with Gasteiger partial charge in [-0.2, -0.15) is 0 Å². The first-order chi connectivity index (χ1) is 13.5. The summed E-state index contributed by atoms with van der Waals surface area (Å²) < 4.78 is 15.8. The van der Waals surface area contributed by atoms with Gasteiger partial charge in [0.2, 0.25) is 5.91 Å². The lowest BCUT2D eigenvalue weighted by atomic mass is 9.95. The van der Waals surface area contributed by atoms with Crippen molar-refractivity contribution in [2.75, 3.05) is 5.32 Å². The highest BCUT2D eigenvalue weighted by molar-refractivity contribution is 14.1. The maximum Gasteiger partial charge on any atom is 0.324 e. The molecular formula is C20H21ClFIN4O2. The minimum atomic E-state index is -0.801. The largest absolute Gasteiger partial charge is 0.351 e. The molecule has 0 radical (unpaired) electrons. The second-order valence-corrected chi connectivity index (χ2v) is 8.94. The van der Waals surface area contributed by atoms with Crippen LogP contribution in [0.3, 0.4) is 0 Å². The van der Waals surface area contributed by atoms with Crippen LogP contribution in [0, 0.1) is 20.2 Å². The quantitative estimate of drug-likeness (QED) is 0.257. The summed E-state index contributed by atoms with van der Waals surface area (Å²) in [6.45, 7) is 5.20. The smallest absolute Gasteiger partial charge is 0.324 e. The minimum Gasteiger partial charge on any atom is -0.351 e. The molecule has 4 N–H and O–H groups in total. The number of benzene rings is 2. The van der Waals surface area contributed by atoms with Gasteiger partial charge in [-0.15, -0.1) is 0 Å². The van der Waals surface area contributed by atoms with Gasteiger partial charge in [0.05, 0.1) is 10.7 Å². The molecule has 0 unspecified atom stereocenters. The van der Waals surface area contributed by atoms with Gasteiger partial charge in [0, 0.05) is 26.7 Å². The Morgan fingerprint density at radius 3 is 2.34 bits per heavy atom. The van der Waals surface area contributed by atoms with E-state index in [-0.39, 0.29) is 34.6 Å². The number of carbonyl (C=O) groups is 2. The second-order valence-electron chi connectivity index (χ2n) is 7.29. The van der Waals surface area contributed by atoms with Gasteiger partial charge in [0.25, 0.3) is 0 Å². The molecule has 0 saturated carbocycles. The first kappa shape index (κ1) is 23.1. The van der Waals surface area contributed by atoms with Crippen molar-refractivity contribution < 1.29 is 14.0 Å². The summed E-state index contributed by atoms with van der Waals surface area (Å²) in [7, 11) is 0. The first-order valence-corrected chi connectivity index (χ1v) is 10.1. The molecule has 2 aromatic carbocycles. The van der Waals surface area contributed by atoms with Gasteiger partial charge < -0.3 is 10.6 Å². The molecule has 0 bridgehead atoms. The second kappa shape index (κ2) is 9.53. The van der Waals surface area contributed by atoms with Crippen molar-refractivity contribution in [2.45, 2.75) is 27.3 Å². The lowest BCUT2D eigenvalue weighted by Gasteiger charge is -2.18. The summed E-state index contributed by atoms with van der Waals surface area (Å²) in [6.07, 6.45) is 0. The molecule has 29 heavy (non-hydrogen) atoms. The zero-order chi connectivity index (χ0) is 21.8. The van der Waals surface area contributed by atoms with Crippen LogP contribution in [-0.2, 0) is 11.3 Å². The molecule has 0 aliphatic rings. The number of hydrogen-bond donors (Lipinski definition) is 4. The highest BCUT2D eigenvalue weighted by atomic mass is 127. The van der Waals surface area contributed by atoms with Gasteiger partial charge in [0.1, 0.15) is 5.84 Å². The van der Waals surface area contributed by atoms with E-state index in [9.17, 15) is 14.0 Å². The number of anilines is 1. The number of amides is 3. The third-order valence-electron chi connectivity index (χ3n) is 3.90. The SMILES string of the molecule is CC(C)(C)C(=O)NCc1ccc(Cl)c(NC(=O)NC(=N)c2ccc(I)cc2)c1F. The molecule has 0 saturated heterocycles. The summed E-state index contributed by atoms with van der Waals surface area (Å²) in [6, 6.07) is 9.06. The van der Waals surface area contributed by atoms with Crippen LogP contribution in [0.1, 0.15) is 31.9 Å². The Labute approximate surface area is 187 Å². The monoisotopic (exact) mass is 530 g/mol. The van der Waals surface area contributed by atoms with E-state index in [0.29, 0.717) is 5.56 Å². The number of rotatable bonds is 4. The Balaban J connectivity index is 2.09. The van der Waals surface area contributed by atoms with Crippen LogP contribution < -0.4 is 16.0 Å². The van der Waals surface area contributed by atoms with Gasteiger partial charge in [-0.05, 0) is 40.8 Å². The summed E-state index contributed by atoms with van der Waals surface area (Å²) in [4.78, 5) is 24.2. The van der Waals surface area contributed by atoms with Gasteiger partial charge in [-0.3, -0.25) is 15.5 Å². The Morgan fingerprint density at radius 1 is 1.14 bits per heavy atom. The van der Waals surface area contributed by atoms with Crippen LogP contribution in [-0.4, -0.2) is 17.8 Å². The zero-order valence-electron chi connectivity index (χ0n) is 16.1. The molecule has 9 heteroatoms. The maximum absolute atomic E-state index is 14.8. The molecule has 0 spiro atoms. The molecule has 0 aliphatic carbocycles. The fraction of sp³-hybridized carbons (Fsp3) is 0.250. The van der Waals surface area contributed by atoms with Gasteiger partial charge in [-0.25, -0.2) is 9.18 Å². The number of amidine groups is 1. The third-order valence-corrected chi connectivity index (χ3v) is 4.94. The minimum absolute atomic E-state index is 0.00402. The van der Waals surface area contributed by atoms with Crippen molar-refractivity contribution in [3.63, 3.8) is 0 Å². The van der Waals surface area contributed by atoms with E-state index in [2.05, 4.69) is 38.5 Å². The number of urea groups is 1. The van der Waals surface area contributed by atoms with E-state index in [0.717, 1.165) is 3.57 Å². The number of carbonyl (C=O) groups excluding carboxylic acids is 2. The van der Waals surface area contributed by atoms with Gasteiger partial charge in [0.15, 0.2) is 5.82 Å². The van der Waals surface area contributed by atoms with Crippen molar-refractivity contribution in [2.24, 2.45) is 5.41 Å². The molecule has 154 valence electrons. The topological polar surface area (TPSA) is 94.1 Å². The summed E-state index contributed by atoms with van der Waals surface area (Å²) >= 11 is 8.16. The zero-order valence-corrected chi connectivity index (χ0v) is 19.0. The number of halogens is 3. The van der Waals surface area contributed by atoms with Crippen molar-refractivity contribution in [3.05, 3.63) is 61.9 Å². The normalized spacial score (nSPS) is 11.0. The Morgan fingerprint density at radius 2 is 1.76 bits per heavy atom. The molecule has 6 nitrogen and oxygen atoms in total. The fourth-order valence-corrected chi connectivity index (χ4v) is 2.79. The fourth-order valence-electron chi connectivity index (χ4n) is 2.23. The molecule has 0 heterocycles. The predicted octanol–water partition coefficient (Wildman–Crippen LogP) is 4.89. The predicted molar refractivity (Wildman–Crippen MR) is 121 cm³/mol. The highest BCUT2D eigenvalue weighted by Crippen LogP contribution is 2.28. The average molecular weight is 531 g/mol. The summed E-state index contributed by atoms with van der Waals surface area (Å²) in [5.41, 5.74) is -0.150. The van der Waals surface area contributed by atoms with Crippen LogP contribution in [0.15, 0.2) is 36.4 Å². The van der Waals surface area contributed by atoms with Crippen molar-refractivity contribution in [1.82, 2.24) is 10.6 Å². The van der Waals surface area contributed by atoms with Crippen LogP contribution in [0.2, 0.25) is 5.02 Å². The first-order valence-electron chi connectivity index (χ1n) is 8.66. The Hall–Kier alpha value is -2.20. The summed E-state index contributed by atoms with van der Waals surface area (Å²) in [5.74, 6) is -1.11. The Kier molecular flexibility index (Phi) is 7.59.